The second-order valence-corrected chi connectivity index (χ2v) is 4.60. The summed E-state index contributed by atoms with van der Waals surface area (Å²) in [4.78, 5) is 0. The van der Waals surface area contributed by atoms with Gasteiger partial charge in [0.15, 0.2) is 0 Å². The second-order valence-electron chi connectivity index (χ2n) is 3.68. The molecule has 4 heteroatoms. The van der Waals surface area contributed by atoms with E-state index in [2.05, 4.69) is 27.3 Å². The van der Waals surface area contributed by atoms with E-state index in [9.17, 15) is 0 Å². The first-order valence-corrected chi connectivity index (χ1v) is 6.70. The van der Waals surface area contributed by atoms with Crippen LogP contribution in [-0.2, 0) is 11.3 Å². The van der Waals surface area contributed by atoms with E-state index < -0.39 is 0 Å². The Morgan fingerprint density at radius 1 is 1.29 bits per heavy atom. The van der Waals surface area contributed by atoms with Crippen molar-refractivity contribution < 1.29 is 9.47 Å². The van der Waals surface area contributed by atoms with Crippen molar-refractivity contribution in [3.05, 3.63) is 28.2 Å². The quantitative estimate of drug-likeness (QED) is 0.749. The van der Waals surface area contributed by atoms with Gasteiger partial charge in [0, 0.05) is 36.2 Å². The maximum atomic E-state index is 5.75. The summed E-state index contributed by atoms with van der Waals surface area (Å²) in [6.45, 7) is 5.02. The lowest BCUT2D eigenvalue weighted by molar-refractivity contribution is 0.130. The lowest BCUT2D eigenvalue weighted by Gasteiger charge is -2.11. The molecule has 0 atom stereocenters. The van der Waals surface area contributed by atoms with Gasteiger partial charge in [-0.1, -0.05) is 15.9 Å². The molecular formula is C13H20BrNO2. The lowest BCUT2D eigenvalue weighted by atomic mass is 10.2. The van der Waals surface area contributed by atoms with Crippen molar-refractivity contribution >= 4 is 15.9 Å². The molecule has 0 fully saturated rings. The molecule has 0 amide bonds. The maximum absolute atomic E-state index is 5.75. The number of ether oxygens (including phenoxy) is 2. The van der Waals surface area contributed by atoms with Crippen molar-refractivity contribution in [3.8, 4) is 5.75 Å². The Balaban J connectivity index is 2.45. The van der Waals surface area contributed by atoms with Crippen molar-refractivity contribution in [2.45, 2.75) is 19.9 Å². The molecule has 1 N–H and O–H groups in total. The molecule has 1 aromatic rings. The van der Waals surface area contributed by atoms with Gasteiger partial charge in [-0.2, -0.15) is 0 Å². The molecule has 17 heavy (non-hydrogen) atoms. The highest BCUT2D eigenvalue weighted by molar-refractivity contribution is 9.10. The van der Waals surface area contributed by atoms with E-state index in [1.54, 1.807) is 0 Å². The van der Waals surface area contributed by atoms with Crippen LogP contribution in [0.1, 0.15) is 18.9 Å². The first-order valence-electron chi connectivity index (χ1n) is 5.91. The number of rotatable bonds is 8. The molecule has 0 bridgehead atoms. The third-order valence-corrected chi connectivity index (χ3v) is 2.78. The van der Waals surface area contributed by atoms with Crippen LogP contribution in [0.3, 0.4) is 0 Å². The highest BCUT2D eigenvalue weighted by Crippen LogP contribution is 2.23. The zero-order valence-electron chi connectivity index (χ0n) is 10.5. The summed E-state index contributed by atoms with van der Waals surface area (Å²) in [6.07, 6.45) is 0.920. The van der Waals surface area contributed by atoms with Crippen LogP contribution in [0.5, 0.6) is 5.75 Å². The number of hydrogen-bond acceptors (Lipinski definition) is 3. The molecule has 96 valence electrons. The average molecular weight is 302 g/mol. The molecular weight excluding hydrogens is 282 g/mol. The summed E-state index contributed by atoms with van der Waals surface area (Å²) in [6, 6.07) is 6.07. The van der Waals surface area contributed by atoms with E-state index >= 15 is 0 Å². The van der Waals surface area contributed by atoms with Gasteiger partial charge in [0.25, 0.3) is 0 Å². The second kappa shape index (κ2) is 8.50. The smallest absolute Gasteiger partial charge is 0.123 e. The number of halogens is 1. The van der Waals surface area contributed by atoms with Crippen LogP contribution < -0.4 is 10.1 Å². The van der Waals surface area contributed by atoms with Crippen molar-refractivity contribution in [1.82, 2.24) is 5.32 Å². The summed E-state index contributed by atoms with van der Waals surface area (Å²) < 4.78 is 12.1. The molecule has 0 unspecified atom stereocenters. The molecule has 0 spiro atoms. The Morgan fingerprint density at radius 2 is 2.12 bits per heavy atom. The maximum Gasteiger partial charge on any atom is 0.123 e. The van der Waals surface area contributed by atoms with E-state index in [-0.39, 0.29) is 0 Å². The van der Waals surface area contributed by atoms with E-state index in [1.807, 2.05) is 26.1 Å². The summed E-state index contributed by atoms with van der Waals surface area (Å²) in [5.74, 6) is 0.944. The highest BCUT2D eigenvalue weighted by Gasteiger charge is 2.03. The Morgan fingerprint density at radius 3 is 2.82 bits per heavy atom. The topological polar surface area (TPSA) is 30.5 Å². The molecule has 3 nitrogen and oxygen atoms in total. The fourth-order valence-corrected chi connectivity index (χ4v) is 1.91. The number of nitrogens with one attached hydrogen (secondary N) is 1. The van der Waals surface area contributed by atoms with Gasteiger partial charge in [0.2, 0.25) is 0 Å². The van der Waals surface area contributed by atoms with Gasteiger partial charge in [-0.3, -0.25) is 0 Å². The molecule has 0 aromatic heterocycles. The van der Waals surface area contributed by atoms with Crippen LogP contribution >= 0.6 is 15.9 Å². The summed E-state index contributed by atoms with van der Waals surface area (Å²) >= 11 is 3.47. The van der Waals surface area contributed by atoms with Crippen LogP contribution in [0.15, 0.2) is 22.7 Å². The predicted octanol–water partition coefficient (Wildman–Crippen LogP) is 2.97. The minimum atomic E-state index is 0.693. The Labute approximate surface area is 112 Å². The van der Waals surface area contributed by atoms with Crippen LogP contribution in [0.4, 0.5) is 0 Å². The van der Waals surface area contributed by atoms with Gasteiger partial charge >= 0.3 is 0 Å². The standard InChI is InChI=1S/C13H20BrNO2/c1-3-16-7-4-8-17-13-6-5-12(14)9-11(13)10-15-2/h5-6,9,15H,3-4,7-8,10H2,1-2H3. The van der Waals surface area contributed by atoms with Gasteiger partial charge in [0.05, 0.1) is 6.61 Å². The summed E-state index contributed by atoms with van der Waals surface area (Å²) in [5.41, 5.74) is 1.17. The zero-order valence-corrected chi connectivity index (χ0v) is 12.0. The molecule has 0 aliphatic carbocycles. The zero-order chi connectivity index (χ0) is 12.5. The van der Waals surface area contributed by atoms with Crippen LogP contribution in [0.2, 0.25) is 0 Å². The SMILES string of the molecule is CCOCCCOc1ccc(Br)cc1CNC. The average Bonchev–Trinajstić information content (AvgIpc) is 2.32. The molecule has 1 aromatic carbocycles. The van der Waals surface area contributed by atoms with Gasteiger partial charge < -0.3 is 14.8 Å². The summed E-state index contributed by atoms with van der Waals surface area (Å²) in [7, 11) is 1.93. The molecule has 0 saturated heterocycles. The molecule has 0 heterocycles. The van der Waals surface area contributed by atoms with Crippen molar-refractivity contribution in [2.24, 2.45) is 0 Å². The van der Waals surface area contributed by atoms with Crippen molar-refractivity contribution in [1.29, 1.82) is 0 Å². The largest absolute Gasteiger partial charge is 0.493 e. The fourth-order valence-electron chi connectivity index (χ4n) is 1.50. The third kappa shape index (κ3) is 5.52. The van der Waals surface area contributed by atoms with Crippen molar-refractivity contribution in [3.63, 3.8) is 0 Å². The van der Waals surface area contributed by atoms with Crippen LogP contribution in [-0.4, -0.2) is 26.9 Å². The van der Waals surface area contributed by atoms with Gasteiger partial charge in [-0.15, -0.1) is 0 Å². The first-order chi connectivity index (χ1) is 8.27. The van der Waals surface area contributed by atoms with E-state index in [4.69, 9.17) is 9.47 Å². The Hall–Kier alpha value is -0.580. The van der Waals surface area contributed by atoms with Gasteiger partial charge in [0.1, 0.15) is 5.75 Å². The number of benzene rings is 1. The summed E-state index contributed by atoms with van der Waals surface area (Å²) in [5, 5.41) is 3.14. The Bertz CT molecular complexity index is 331. The normalized spacial score (nSPS) is 10.5. The molecule has 0 saturated carbocycles. The van der Waals surface area contributed by atoms with E-state index in [1.165, 1.54) is 5.56 Å². The van der Waals surface area contributed by atoms with Crippen molar-refractivity contribution in [2.75, 3.05) is 26.9 Å². The van der Waals surface area contributed by atoms with E-state index in [0.717, 1.165) is 36.4 Å². The molecule has 0 aliphatic heterocycles. The minimum absolute atomic E-state index is 0.693. The molecule has 1 rings (SSSR count). The Kier molecular flexibility index (Phi) is 7.24. The molecule has 0 aliphatic rings. The monoisotopic (exact) mass is 301 g/mol. The minimum Gasteiger partial charge on any atom is -0.493 e. The highest BCUT2D eigenvalue weighted by atomic mass is 79.9. The van der Waals surface area contributed by atoms with Gasteiger partial charge in [-0.25, -0.2) is 0 Å². The predicted molar refractivity (Wildman–Crippen MR) is 73.5 cm³/mol. The lowest BCUT2D eigenvalue weighted by Crippen LogP contribution is -2.09. The van der Waals surface area contributed by atoms with Gasteiger partial charge in [-0.05, 0) is 32.2 Å². The molecule has 0 radical (unpaired) electrons. The van der Waals surface area contributed by atoms with Crippen LogP contribution in [0.25, 0.3) is 0 Å². The first kappa shape index (κ1) is 14.5. The third-order valence-electron chi connectivity index (χ3n) is 2.28. The van der Waals surface area contributed by atoms with E-state index in [0.29, 0.717) is 6.61 Å². The number of hydrogen-bond donors (Lipinski definition) is 1. The van der Waals surface area contributed by atoms with Crippen LogP contribution in [0, 0.1) is 0 Å². The fraction of sp³-hybridized carbons (Fsp3) is 0.538.